The molecule has 1 aromatic carbocycles. The van der Waals surface area contributed by atoms with Gasteiger partial charge in [0.25, 0.3) is 5.91 Å². The van der Waals surface area contributed by atoms with Gasteiger partial charge >= 0.3 is 0 Å². The van der Waals surface area contributed by atoms with Crippen molar-refractivity contribution in [3.63, 3.8) is 0 Å². The number of hydrogen-bond donors (Lipinski definition) is 3. The van der Waals surface area contributed by atoms with E-state index in [1.165, 1.54) is 11.3 Å². The Morgan fingerprint density at radius 1 is 0.903 bits per heavy atom. The van der Waals surface area contributed by atoms with Crippen molar-refractivity contribution in [1.29, 1.82) is 0 Å². The highest BCUT2D eigenvalue weighted by Crippen LogP contribution is 2.10. The van der Waals surface area contributed by atoms with Crippen LogP contribution < -0.4 is 16.2 Å². The Hall–Kier alpha value is -2.82. The van der Waals surface area contributed by atoms with E-state index in [0.717, 1.165) is 16.9 Å². The van der Waals surface area contributed by atoms with E-state index in [2.05, 4.69) is 26.1 Å². The largest absolute Gasteiger partial charge is 0.325 e. The molecule has 0 saturated carbocycles. The predicted molar refractivity (Wildman–Crippen MR) is 120 cm³/mol. The number of nitrogens with one attached hydrogen (secondary N) is 3. The van der Waals surface area contributed by atoms with Crippen molar-refractivity contribution in [1.82, 2.24) is 25.6 Å². The van der Waals surface area contributed by atoms with Crippen LogP contribution in [-0.4, -0.2) is 71.8 Å². The molecule has 9 nitrogen and oxygen atoms in total. The Labute approximate surface area is 185 Å². The summed E-state index contributed by atoms with van der Waals surface area (Å²) in [4.78, 5) is 44.5. The zero-order chi connectivity index (χ0) is 22.2. The number of piperazine rings is 1. The number of rotatable bonds is 7. The molecule has 0 bridgehead atoms. The van der Waals surface area contributed by atoms with Gasteiger partial charge < -0.3 is 5.32 Å². The molecule has 0 aliphatic carbocycles. The van der Waals surface area contributed by atoms with Crippen molar-refractivity contribution in [2.24, 2.45) is 0 Å². The molecule has 3 N–H and O–H groups in total. The third-order valence-corrected chi connectivity index (χ3v) is 5.82. The Kier molecular flexibility index (Phi) is 8.10. The number of carbonyl (C=O) groups is 3. The number of amides is 3. The van der Waals surface area contributed by atoms with Crippen LogP contribution in [0.3, 0.4) is 0 Å². The molecule has 31 heavy (non-hydrogen) atoms. The maximum atomic E-state index is 12.2. The molecule has 2 aromatic rings. The van der Waals surface area contributed by atoms with Crippen LogP contribution in [0.4, 0.5) is 5.69 Å². The van der Waals surface area contributed by atoms with Gasteiger partial charge in [0, 0.05) is 42.9 Å². The number of thiazole rings is 1. The molecule has 0 atom stereocenters. The second kappa shape index (κ2) is 11.0. The lowest BCUT2D eigenvalue weighted by Gasteiger charge is -2.33. The lowest BCUT2D eigenvalue weighted by molar-refractivity contribution is -0.129. The van der Waals surface area contributed by atoms with Crippen LogP contribution >= 0.6 is 11.3 Å². The molecule has 1 aromatic heterocycles. The summed E-state index contributed by atoms with van der Waals surface area (Å²) in [6, 6.07) is 7.70. The molecular formula is C21H28N6O3S. The molecule has 1 aliphatic heterocycles. The van der Waals surface area contributed by atoms with Crippen LogP contribution in [0, 0.1) is 13.8 Å². The fourth-order valence-electron chi connectivity index (χ4n) is 3.19. The highest BCUT2D eigenvalue weighted by Gasteiger charge is 2.21. The smallest absolute Gasteiger partial charge is 0.252 e. The molecule has 2 heterocycles. The minimum atomic E-state index is -0.299. The van der Waals surface area contributed by atoms with Crippen LogP contribution in [0.5, 0.6) is 0 Å². The molecule has 0 spiro atoms. The molecule has 0 unspecified atom stereocenters. The van der Waals surface area contributed by atoms with Crippen molar-refractivity contribution < 1.29 is 14.4 Å². The normalized spacial score (nSPS) is 14.8. The van der Waals surface area contributed by atoms with E-state index in [-0.39, 0.29) is 30.7 Å². The van der Waals surface area contributed by atoms with Crippen molar-refractivity contribution in [2.45, 2.75) is 20.3 Å². The van der Waals surface area contributed by atoms with Gasteiger partial charge in [-0.15, -0.1) is 11.3 Å². The quantitative estimate of drug-likeness (QED) is 0.543. The number of aryl methyl sites for hydroxylation is 2. The van der Waals surface area contributed by atoms with E-state index < -0.39 is 0 Å². The molecule has 0 radical (unpaired) electrons. The number of nitrogens with zero attached hydrogens (tertiary/aromatic N) is 3. The van der Waals surface area contributed by atoms with Crippen molar-refractivity contribution in [3.8, 4) is 0 Å². The average Bonchev–Trinajstić information content (AvgIpc) is 3.14. The van der Waals surface area contributed by atoms with Gasteiger partial charge in [-0.1, -0.05) is 17.7 Å². The first-order valence-electron chi connectivity index (χ1n) is 10.2. The third kappa shape index (κ3) is 7.74. The van der Waals surface area contributed by atoms with E-state index in [1.807, 2.05) is 48.4 Å². The fourth-order valence-corrected chi connectivity index (χ4v) is 3.96. The number of anilines is 1. The topological polar surface area (TPSA) is 107 Å². The number of hydrogen-bond acceptors (Lipinski definition) is 7. The van der Waals surface area contributed by atoms with Gasteiger partial charge in [-0.25, -0.2) is 4.98 Å². The van der Waals surface area contributed by atoms with Crippen LogP contribution in [0.25, 0.3) is 0 Å². The van der Waals surface area contributed by atoms with Gasteiger partial charge in [-0.3, -0.25) is 35.0 Å². The molecular weight excluding hydrogens is 416 g/mol. The van der Waals surface area contributed by atoms with Gasteiger partial charge in [0.2, 0.25) is 11.8 Å². The van der Waals surface area contributed by atoms with Crippen LogP contribution in [0.2, 0.25) is 0 Å². The highest BCUT2D eigenvalue weighted by atomic mass is 32.1. The van der Waals surface area contributed by atoms with Gasteiger partial charge in [0.1, 0.15) is 5.01 Å². The SMILES string of the molecule is Cc1ccc(NC(=O)CN2CCN(CC(=O)NNC(=O)Cc3nc(C)cs3)CC2)cc1. The van der Waals surface area contributed by atoms with E-state index in [9.17, 15) is 14.4 Å². The number of hydrazine groups is 1. The van der Waals surface area contributed by atoms with E-state index >= 15 is 0 Å². The lowest BCUT2D eigenvalue weighted by atomic mass is 10.2. The summed E-state index contributed by atoms with van der Waals surface area (Å²) in [5.74, 6) is -0.616. The van der Waals surface area contributed by atoms with E-state index in [1.54, 1.807) is 0 Å². The number of aromatic nitrogens is 1. The monoisotopic (exact) mass is 444 g/mol. The van der Waals surface area contributed by atoms with Crippen molar-refractivity contribution in [3.05, 3.63) is 45.9 Å². The summed E-state index contributed by atoms with van der Waals surface area (Å²) in [5, 5.41) is 5.50. The predicted octanol–water partition coefficient (Wildman–Crippen LogP) is 0.706. The third-order valence-electron chi connectivity index (χ3n) is 4.85. The van der Waals surface area contributed by atoms with Crippen LogP contribution in [0.1, 0.15) is 16.3 Å². The summed E-state index contributed by atoms with van der Waals surface area (Å²) >= 11 is 1.42. The molecule has 10 heteroatoms. The lowest BCUT2D eigenvalue weighted by Crippen LogP contribution is -2.52. The molecule has 1 aliphatic rings. The standard InChI is InChI=1S/C21H28N6O3S/c1-15-3-5-17(6-4-15)23-19(29)12-26-7-9-27(10-8-26)13-20(30)25-24-18(28)11-21-22-16(2)14-31-21/h3-6,14H,7-13H2,1-2H3,(H,23,29)(H,24,28)(H,25,30). The minimum Gasteiger partial charge on any atom is -0.325 e. The summed E-state index contributed by atoms with van der Waals surface area (Å²) in [6.45, 7) is 7.14. The van der Waals surface area contributed by atoms with Crippen molar-refractivity contribution in [2.75, 3.05) is 44.6 Å². The van der Waals surface area contributed by atoms with Gasteiger partial charge in [0.15, 0.2) is 0 Å². The summed E-state index contributed by atoms with van der Waals surface area (Å²) in [6.07, 6.45) is 0.141. The summed E-state index contributed by atoms with van der Waals surface area (Å²) < 4.78 is 0. The van der Waals surface area contributed by atoms with Crippen molar-refractivity contribution >= 4 is 34.7 Å². The Morgan fingerprint density at radius 2 is 1.48 bits per heavy atom. The van der Waals surface area contributed by atoms with Gasteiger partial charge in [-0.2, -0.15) is 0 Å². The first kappa shape index (κ1) is 22.9. The first-order valence-corrected chi connectivity index (χ1v) is 11.1. The Balaban J connectivity index is 1.31. The number of carbonyl (C=O) groups excluding carboxylic acids is 3. The first-order chi connectivity index (χ1) is 14.9. The molecule has 3 rings (SSSR count). The molecule has 1 saturated heterocycles. The molecule has 166 valence electrons. The average molecular weight is 445 g/mol. The molecule has 1 fully saturated rings. The zero-order valence-electron chi connectivity index (χ0n) is 17.8. The fraction of sp³-hybridized carbons (Fsp3) is 0.429. The second-order valence-electron chi connectivity index (χ2n) is 7.62. The Morgan fingerprint density at radius 3 is 2.06 bits per heavy atom. The highest BCUT2D eigenvalue weighted by molar-refractivity contribution is 7.09. The zero-order valence-corrected chi connectivity index (χ0v) is 18.6. The van der Waals surface area contributed by atoms with Gasteiger partial charge in [-0.05, 0) is 26.0 Å². The number of benzene rings is 1. The maximum absolute atomic E-state index is 12.2. The van der Waals surface area contributed by atoms with Crippen LogP contribution in [-0.2, 0) is 20.8 Å². The van der Waals surface area contributed by atoms with Crippen LogP contribution in [0.15, 0.2) is 29.6 Å². The maximum Gasteiger partial charge on any atom is 0.252 e. The van der Waals surface area contributed by atoms with E-state index in [0.29, 0.717) is 37.7 Å². The second-order valence-corrected chi connectivity index (χ2v) is 8.56. The molecule has 3 amide bonds. The summed E-state index contributed by atoms with van der Waals surface area (Å²) in [5.41, 5.74) is 7.69. The van der Waals surface area contributed by atoms with Gasteiger partial charge in [0.05, 0.1) is 19.5 Å². The summed E-state index contributed by atoms with van der Waals surface area (Å²) in [7, 11) is 0. The van der Waals surface area contributed by atoms with E-state index in [4.69, 9.17) is 0 Å². The minimum absolute atomic E-state index is 0.0480. The Bertz CT molecular complexity index is 906.